The number of hydrogen-bond donors (Lipinski definition) is 0. The molecule has 0 aliphatic carbocycles. The van der Waals surface area contributed by atoms with Gasteiger partial charge in [-0.05, 0) is 34.7 Å². The first kappa shape index (κ1) is 18.8. The van der Waals surface area contributed by atoms with Crippen LogP contribution in [0.25, 0.3) is 10.8 Å². The maximum atomic E-state index is 12.7. The van der Waals surface area contributed by atoms with Gasteiger partial charge in [0.1, 0.15) is 0 Å². The van der Waals surface area contributed by atoms with Crippen LogP contribution in [-0.4, -0.2) is 17.9 Å². The van der Waals surface area contributed by atoms with Crippen LogP contribution in [0.3, 0.4) is 0 Å². The van der Waals surface area contributed by atoms with Crippen molar-refractivity contribution in [1.29, 1.82) is 0 Å². The second-order valence-corrected chi connectivity index (χ2v) is 7.77. The summed E-state index contributed by atoms with van der Waals surface area (Å²) in [6.07, 6.45) is -0.850. The SMILES string of the molecule is C[C@@H](OC(=O)c1cccc2ccccc12)C(=O)c1ccc(C(C)(C)C)cc1. The molecule has 0 fully saturated rings. The molecule has 0 amide bonds. The fourth-order valence-corrected chi connectivity index (χ4v) is 3.05. The van der Waals surface area contributed by atoms with Gasteiger partial charge in [-0.1, -0.05) is 81.4 Å². The Morgan fingerprint density at radius 2 is 1.48 bits per heavy atom. The molecule has 3 rings (SSSR count). The molecule has 0 aliphatic rings. The van der Waals surface area contributed by atoms with Crippen LogP contribution in [0.1, 0.15) is 54.0 Å². The Kier molecular flexibility index (Phi) is 5.13. The molecule has 0 aliphatic heterocycles. The summed E-state index contributed by atoms with van der Waals surface area (Å²) in [4.78, 5) is 25.3. The summed E-state index contributed by atoms with van der Waals surface area (Å²) >= 11 is 0. The lowest BCUT2D eigenvalue weighted by Crippen LogP contribution is -2.24. The molecule has 0 heterocycles. The molecular weight excluding hydrogens is 336 g/mol. The van der Waals surface area contributed by atoms with Crippen LogP contribution >= 0.6 is 0 Å². The Balaban J connectivity index is 1.77. The van der Waals surface area contributed by atoms with Crippen LogP contribution in [-0.2, 0) is 10.2 Å². The Bertz CT molecular complexity index is 973. The Hall–Kier alpha value is -2.94. The third kappa shape index (κ3) is 4.08. The lowest BCUT2D eigenvalue weighted by molar-refractivity contribution is 0.0321. The third-order valence-electron chi connectivity index (χ3n) is 4.70. The molecule has 0 aromatic heterocycles. The third-order valence-corrected chi connectivity index (χ3v) is 4.70. The van der Waals surface area contributed by atoms with Crippen molar-refractivity contribution in [2.24, 2.45) is 0 Å². The average Bonchev–Trinajstić information content (AvgIpc) is 2.66. The molecule has 0 N–H and O–H groups in total. The molecule has 0 radical (unpaired) electrons. The minimum Gasteiger partial charge on any atom is -0.451 e. The number of carbonyl (C=O) groups is 2. The fraction of sp³-hybridized carbons (Fsp3) is 0.250. The molecule has 138 valence electrons. The Morgan fingerprint density at radius 3 is 2.15 bits per heavy atom. The van der Waals surface area contributed by atoms with Crippen LogP contribution < -0.4 is 0 Å². The van der Waals surface area contributed by atoms with Crippen molar-refractivity contribution in [3.8, 4) is 0 Å². The average molecular weight is 360 g/mol. The summed E-state index contributed by atoms with van der Waals surface area (Å²) in [5.41, 5.74) is 2.19. The molecule has 0 saturated carbocycles. The predicted molar refractivity (Wildman–Crippen MR) is 108 cm³/mol. The van der Waals surface area contributed by atoms with E-state index in [9.17, 15) is 9.59 Å². The van der Waals surface area contributed by atoms with E-state index in [1.165, 1.54) is 0 Å². The van der Waals surface area contributed by atoms with E-state index in [4.69, 9.17) is 4.74 Å². The Labute approximate surface area is 160 Å². The van der Waals surface area contributed by atoms with Crippen LogP contribution in [0, 0.1) is 0 Å². The van der Waals surface area contributed by atoms with Gasteiger partial charge >= 0.3 is 5.97 Å². The van der Waals surface area contributed by atoms with E-state index < -0.39 is 12.1 Å². The Morgan fingerprint density at radius 1 is 0.852 bits per heavy atom. The van der Waals surface area contributed by atoms with Gasteiger partial charge in [-0.15, -0.1) is 0 Å². The first-order valence-corrected chi connectivity index (χ1v) is 9.11. The highest BCUT2D eigenvalue weighted by Gasteiger charge is 2.22. The molecule has 27 heavy (non-hydrogen) atoms. The monoisotopic (exact) mass is 360 g/mol. The largest absolute Gasteiger partial charge is 0.451 e. The van der Waals surface area contributed by atoms with Crippen molar-refractivity contribution in [2.45, 2.75) is 39.2 Å². The number of benzene rings is 3. The predicted octanol–water partition coefficient (Wildman–Crippen LogP) is 5.57. The second kappa shape index (κ2) is 7.36. The molecular formula is C24H24O3. The summed E-state index contributed by atoms with van der Waals surface area (Å²) in [6.45, 7) is 7.98. The molecule has 0 saturated heterocycles. The van der Waals surface area contributed by atoms with E-state index in [-0.39, 0.29) is 11.2 Å². The van der Waals surface area contributed by atoms with E-state index in [1.54, 1.807) is 25.1 Å². The highest BCUT2D eigenvalue weighted by Crippen LogP contribution is 2.23. The normalized spacial score (nSPS) is 12.6. The van der Waals surface area contributed by atoms with E-state index in [1.807, 2.05) is 48.5 Å². The van der Waals surface area contributed by atoms with Gasteiger partial charge in [0.2, 0.25) is 5.78 Å². The molecule has 3 aromatic rings. The molecule has 0 spiro atoms. The molecule has 3 nitrogen and oxygen atoms in total. The maximum Gasteiger partial charge on any atom is 0.339 e. The van der Waals surface area contributed by atoms with Gasteiger partial charge in [-0.25, -0.2) is 4.79 Å². The van der Waals surface area contributed by atoms with Gasteiger partial charge in [-0.2, -0.15) is 0 Å². The zero-order valence-electron chi connectivity index (χ0n) is 16.2. The highest BCUT2D eigenvalue weighted by molar-refractivity contribution is 6.06. The smallest absolute Gasteiger partial charge is 0.339 e. The number of ketones is 1. The number of rotatable bonds is 4. The maximum absolute atomic E-state index is 12.7. The van der Waals surface area contributed by atoms with Crippen molar-refractivity contribution in [3.05, 3.63) is 83.4 Å². The zero-order chi connectivity index (χ0) is 19.6. The first-order chi connectivity index (χ1) is 12.8. The minimum atomic E-state index is -0.850. The molecule has 0 unspecified atom stereocenters. The zero-order valence-corrected chi connectivity index (χ0v) is 16.2. The number of ether oxygens (including phenoxy) is 1. The van der Waals surface area contributed by atoms with Crippen LogP contribution in [0.5, 0.6) is 0 Å². The highest BCUT2D eigenvalue weighted by atomic mass is 16.5. The van der Waals surface area contributed by atoms with Crippen molar-refractivity contribution >= 4 is 22.5 Å². The second-order valence-electron chi connectivity index (χ2n) is 7.77. The van der Waals surface area contributed by atoms with Crippen molar-refractivity contribution in [1.82, 2.24) is 0 Å². The van der Waals surface area contributed by atoms with Crippen LogP contribution in [0.2, 0.25) is 0 Å². The number of carbonyl (C=O) groups excluding carboxylic acids is 2. The van der Waals surface area contributed by atoms with E-state index in [0.717, 1.165) is 16.3 Å². The van der Waals surface area contributed by atoms with Gasteiger partial charge in [0.25, 0.3) is 0 Å². The van der Waals surface area contributed by atoms with Crippen molar-refractivity contribution < 1.29 is 14.3 Å². The summed E-state index contributed by atoms with van der Waals surface area (Å²) in [6, 6.07) is 20.6. The van der Waals surface area contributed by atoms with Gasteiger partial charge in [0.05, 0.1) is 5.56 Å². The summed E-state index contributed by atoms with van der Waals surface area (Å²) in [5, 5.41) is 1.78. The quantitative estimate of drug-likeness (QED) is 0.451. The lowest BCUT2D eigenvalue weighted by Gasteiger charge is -2.19. The van der Waals surface area contributed by atoms with E-state index in [2.05, 4.69) is 20.8 Å². The first-order valence-electron chi connectivity index (χ1n) is 9.11. The van der Waals surface area contributed by atoms with Gasteiger partial charge in [0, 0.05) is 5.56 Å². The van der Waals surface area contributed by atoms with Crippen LogP contribution in [0.4, 0.5) is 0 Å². The van der Waals surface area contributed by atoms with Gasteiger partial charge in [0.15, 0.2) is 6.10 Å². The number of fused-ring (bicyclic) bond motifs is 1. The summed E-state index contributed by atoms with van der Waals surface area (Å²) in [7, 11) is 0. The van der Waals surface area contributed by atoms with Gasteiger partial charge < -0.3 is 4.74 Å². The lowest BCUT2D eigenvalue weighted by atomic mass is 9.86. The summed E-state index contributed by atoms with van der Waals surface area (Å²) in [5.74, 6) is -0.692. The van der Waals surface area contributed by atoms with Crippen LogP contribution in [0.15, 0.2) is 66.7 Å². The molecule has 0 bridgehead atoms. The van der Waals surface area contributed by atoms with E-state index in [0.29, 0.717) is 11.1 Å². The molecule has 1 atom stereocenters. The number of Topliss-reactive ketones (excluding diaryl/α,β-unsaturated/α-hetero) is 1. The summed E-state index contributed by atoms with van der Waals surface area (Å²) < 4.78 is 5.47. The minimum absolute atomic E-state index is 0.0219. The number of hydrogen-bond acceptors (Lipinski definition) is 3. The fourth-order valence-electron chi connectivity index (χ4n) is 3.05. The standard InChI is InChI=1S/C24H24O3/c1-16(22(25)18-12-14-19(15-13-18)24(2,3)4)27-23(26)21-11-7-9-17-8-5-6-10-20(17)21/h5-16H,1-4H3/t16-/m1/s1. The molecule has 3 heteroatoms. The van der Waals surface area contributed by atoms with Crippen molar-refractivity contribution in [3.63, 3.8) is 0 Å². The number of esters is 1. The molecule has 3 aromatic carbocycles. The van der Waals surface area contributed by atoms with Gasteiger partial charge in [-0.3, -0.25) is 4.79 Å². The van der Waals surface area contributed by atoms with E-state index >= 15 is 0 Å². The van der Waals surface area contributed by atoms with Crippen molar-refractivity contribution in [2.75, 3.05) is 0 Å². The topological polar surface area (TPSA) is 43.4 Å².